The molecule has 3 nitrogen and oxygen atoms in total. The Bertz CT molecular complexity index is 592. The van der Waals surface area contributed by atoms with Gasteiger partial charge in [-0.2, -0.15) is 0 Å². The van der Waals surface area contributed by atoms with E-state index in [0.29, 0.717) is 23.5 Å². The van der Waals surface area contributed by atoms with Crippen LogP contribution in [0.1, 0.15) is 65.7 Å². The number of carbonyl (C=O) groups is 2. The van der Waals surface area contributed by atoms with E-state index in [4.69, 9.17) is 4.74 Å². The van der Waals surface area contributed by atoms with Crippen LogP contribution in [0.4, 0.5) is 0 Å². The summed E-state index contributed by atoms with van der Waals surface area (Å²) in [5, 5.41) is 0. The van der Waals surface area contributed by atoms with Crippen LogP contribution in [0.3, 0.4) is 0 Å². The third kappa shape index (κ3) is 2.38. The zero-order valence-corrected chi connectivity index (χ0v) is 15.2. The fraction of sp³-hybridized carbons (Fsp3) is 0.810. The number of ether oxygens (including phenoxy) is 1. The molecular formula is C21H30O3. The predicted molar refractivity (Wildman–Crippen MR) is 92.2 cm³/mol. The molecule has 0 spiro atoms. The predicted octanol–water partition coefficient (Wildman–Crippen LogP) is 4.31. The van der Waals surface area contributed by atoms with Gasteiger partial charge in [-0.15, -0.1) is 0 Å². The van der Waals surface area contributed by atoms with Gasteiger partial charge in [0.15, 0.2) is 5.78 Å². The number of rotatable bonds is 1. The minimum Gasteiger partial charge on any atom is -0.462 e. The highest BCUT2D eigenvalue weighted by atomic mass is 16.5. The Morgan fingerprint density at radius 3 is 2.75 bits per heavy atom. The molecule has 4 aliphatic carbocycles. The van der Waals surface area contributed by atoms with Crippen molar-refractivity contribution in [1.82, 2.24) is 0 Å². The van der Waals surface area contributed by atoms with E-state index >= 15 is 0 Å². The molecule has 0 N–H and O–H groups in total. The molecule has 0 aromatic heterocycles. The summed E-state index contributed by atoms with van der Waals surface area (Å²) in [7, 11) is 0. The molecule has 1 unspecified atom stereocenters. The molecule has 0 bridgehead atoms. The maximum absolute atomic E-state index is 11.8. The van der Waals surface area contributed by atoms with Crippen molar-refractivity contribution < 1.29 is 14.3 Å². The quantitative estimate of drug-likeness (QED) is 0.673. The van der Waals surface area contributed by atoms with Crippen molar-refractivity contribution in [2.75, 3.05) is 0 Å². The Morgan fingerprint density at radius 1 is 1.21 bits per heavy atom. The van der Waals surface area contributed by atoms with Crippen molar-refractivity contribution in [3.05, 3.63) is 11.6 Å². The van der Waals surface area contributed by atoms with Gasteiger partial charge in [-0.1, -0.05) is 19.4 Å². The molecule has 4 aliphatic rings. The van der Waals surface area contributed by atoms with E-state index in [0.717, 1.165) is 31.1 Å². The molecule has 3 saturated carbocycles. The topological polar surface area (TPSA) is 43.4 Å². The van der Waals surface area contributed by atoms with Crippen molar-refractivity contribution in [3.8, 4) is 0 Å². The summed E-state index contributed by atoms with van der Waals surface area (Å²) in [6.45, 7) is 6.19. The molecule has 0 heterocycles. The highest BCUT2D eigenvalue weighted by Crippen LogP contribution is 2.63. The molecule has 7 atom stereocenters. The summed E-state index contributed by atoms with van der Waals surface area (Å²) in [5.74, 6) is 3.50. The van der Waals surface area contributed by atoms with E-state index < -0.39 is 0 Å². The lowest BCUT2D eigenvalue weighted by Crippen LogP contribution is -2.48. The average molecular weight is 330 g/mol. The Labute approximate surface area is 145 Å². The second-order valence-corrected chi connectivity index (χ2v) is 9.09. The van der Waals surface area contributed by atoms with E-state index in [1.807, 2.05) is 6.08 Å². The minimum absolute atomic E-state index is 0.0887. The second-order valence-electron chi connectivity index (χ2n) is 9.09. The molecule has 4 rings (SSSR count). The second kappa shape index (κ2) is 5.71. The summed E-state index contributed by atoms with van der Waals surface area (Å²) in [6, 6.07) is 0. The first-order valence-electron chi connectivity index (χ1n) is 9.80. The van der Waals surface area contributed by atoms with Crippen molar-refractivity contribution >= 4 is 11.8 Å². The molecule has 0 amide bonds. The minimum atomic E-state index is -0.129. The van der Waals surface area contributed by atoms with Crippen LogP contribution in [0.15, 0.2) is 11.6 Å². The Kier molecular flexibility index (Phi) is 3.89. The van der Waals surface area contributed by atoms with Crippen LogP contribution in [0.25, 0.3) is 0 Å². The molecule has 0 radical (unpaired) electrons. The molecule has 3 heteroatoms. The Morgan fingerprint density at radius 2 is 2.00 bits per heavy atom. The molecule has 0 aliphatic heterocycles. The Hall–Kier alpha value is -1.12. The molecule has 132 valence electrons. The van der Waals surface area contributed by atoms with Crippen molar-refractivity contribution in [1.29, 1.82) is 0 Å². The lowest BCUT2D eigenvalue weighted by molar-refractivity contribution is -0.158. The van der Waals surface area contributed by atoms with Crippen molar-refractivity contribution in [2.24, 2.45) is 35.0 Å². The van der Waals surface area contributed by atoms with Crippen molar-refractivity contribution in [3.63, 3.8) is 0 Å². The summed E-state index contributed by atoms with van der Waals surface area (Å²) in [6.07, 6.45) is 9.79. The Balaban J connectivity index is 1.60. The average Bonchev–Trinajstić information content (AvgIpc) is 2.78. The fourth-order valence-corrected chi connectivity index (χ4v) is 6.93. The van der Waals surface area contributed by atoms with Gasteiger partial charge in [-0.05, 0) is 74.2 Å². The number of fused-ring (bicyclic) bond motifs is 5. The monoisotopic (exact) mass is 330 g/mol. The van der Waals surface area contributed by atoms with Crippen LogP contribution in [0.2, 0.25) is 0 Å². The summed E-state index contributed by atoms with van der Waals surface area (Å²) >= 11 is 0. The van der Waals surface area contributed by atoms with E-state index in [2.05, 4.69) is 13.8 Å². The highest BCUT2D eigenvalue weighted by Gasteiger charge is 2.59. The van der Waals surface area contributed by atoms with Gasteiger partial charge in [0.1, 0.15) is 6.10 Å². The molecule has 0 saturated heterocycles. The number of hydrogen-bond donors (Lipinski definition) is 0. The number of allylic oxidation sites excluding steroid dienone is 1. The smallest absolute Gasteiger partial charge is 0.302 e. The van der Waals surface area contributed by atoms with Gasteiger partial charge in [0.05, 0.1) is 0 Å². The SMILES string of the molecule is CC(=O)O[C@H]1[C@@H](C)C[C@H]2[C@@H]3CCC4=CC(=O)CCC4[C@H]3CC[C@@]21C. The van der Waals surface area contributed by atoms with Crippen LogP contribution in [0, 0.1) is 35.0 Å². The molecule has 3 fully saturated rings. The van der Waals surface area contributed by atoms with Gasteiger partial charge in [0.2, 0.25) is 0 Å². The standard InChI is InChI=1S/C21H30O3/c1-12-10-19-18-6-4-14-11-15(23)5-7-16(14)17(18)8-9-21(19,3)20(12)24-13(2)22/h11-12,16-20H,4-10H2,1-3H3/t12-,16?,17+,18+,19-,20-,21-/m0/s1. The van der Waals surface area contributed by atoms with E-state index in [-0.39, 0.29) is 17.5 Å². The summed E-state index contributed by atoms with van der Waals surface area (Å²) < 4.78 is 5.80. The summed E-state index contributed by atoms with van der Waals surface area (Å²) in [4.78, 5) is 23.4. The number of hydrogen-bond acceptors (Lipinski definition) is 3. The lowest BCUT2D eigenvalue weighted by Gasteiger charge is -2.53. The largest absolute Gasteiger partial charge is 0.462 e. The van der Waals surface area contributed by atoms with Crippen LogP contribution in [-0.4, -0.2) is 17.9 Å². The van der Waals surface area contributed by atoms with Gasteiger partial charge in [-0.25, -0.2) is 0 Å². The number of carbonyl (C=O) groups excluding carboxylic acids is 2. The first kappa shape index (κ1) is 16.4. The number of ketones is 1. The van der Waals surface area contributed by atoms with Gasteiger partial charge in [-0.3, -0.25) is 9.59 Å². The normalized spacial score (nSPS) is 47.3. The van der Waals surface area contributed by atoms with Crippen molar-refractivity contribution in [2.45, 2.75) is 71.8 Å². The zero-order chi connectivity index (χ0) is 17.1. The van der Waals surface area contributed by atoms with Gasteiger partial charge >= 0.3 is 5.97 Å². The highest BCUT2D eigenvalue weighted by molar-refractivity contribution is 5.91. The molecular weight excluding hydrogens is 300 g/mol. The maximum Gasteiger partial charge on any atom is 0.302 e. The van der Waals surface area contributed by atoms with E-state index in [1.54, 1.807) is 6.92 Å². The van der Waals surface area contributed by atoms with Crippen LogP contribution >= 0.6 is 0 Å². The third-order valence-corrected chi connectivity index (χ3v) is 7.82. The first-order chi connectivity index (χ1) is 11.4. The van der Waals surface area contributed by atoms with Gasteiger partial charge < -0.3 is 4.74 Å². The molecule has 0 aromatic rings. The first-order valence-corrected chi connectivity index (χ1v) is 9.80. The number of esters is 1. The lowest BCUT2D eigenvalue weighted by atomic mass is 9.52. The van der Waals surface area contributed by atoms with Crippen LogP contribution in [-0.2, 0) is 14.3 Å². The summed E-state index contributed by atoms with van der Waals surface area (Å²) in [5.41, 5.74) is 1.59. The van der Waals surface area contributed by atoms with E-state index in [1.165, 1.54) is 31.3 Å². The van der Waals surface area contributed by atoms with Crippen LogP contribution in [0.5, 0.6) is 0 Å². The van der Waals surface area contributed by atoms with Gasteiger partial charge in [0.25, 0.3) is 0 Å². The fourth-order valence-electron chi connectivity index (χ4n) is 6.93. The maximum atomic E-state index is 11.8. The third-order valence-electron chi connectivity index (χ3n) is 7.82. The molecule has 24 heavy (non-hydrogen) atoms. The molecule has 0 aromatic carbocycles. The van der Waals surface area contributed by atoms with Gasteiger partial charge in [0, 0.05) is 18.8 Å². The van der Waals surface area contributed by atoms with Crippen LogP contribution < -0.4 is 0 Å². The van der Waals surface area contributed by atoms with E-state index in [9.17, 15) is 9.59 Å². The zero-order valence-electron chi connectivity index (χ0n) is 15.2.